The van der Waals surface area contributed by atoms with Crippen LogP contribution in [0.2, 0.25) is 0 Å². The van der Waals surface area contributed by atoms with E-state index in [4.69, 9.17) is 0 Å². The number of imide groups is 1. The number of carbonyl (C=O) groups excluding carboxylic acids is 3. The summed E-state index contributed by atoms with van der Waals surface area (Å²) in [5.74, 6) is -1.11. The number of halogens is 3. The molecule has 0 bridgehead atoms. The molecule has 10 heteroatoms. The second kappa shape index (κ2) is 9.07. The van der Waals surface area contributed by atoms with Gasteiger partial charge in [-0.2, -0.15) is 13.2 Å². The van der Waals surface area contributed by atoms with E-state index in [0.29, 0.717) is 6.54 Å². The second-order valence-electron chi connectivity index (χ2n) is 5.94. The Labute approximate surface area is 148 Å². The van der Waals surface area contributed by atoms with Crippen molar-refractivity contribution in [1.29, 1.82) is 0 Å². The van der Waals surface area contributed by atoms with Crippen molar-refractivity contribution in [3.05, 3.63) is 23.8 Å². The Bertz CT molecular complexity index is 675. The molecular formula is C16H21F3N4O3. The average molecular weight is 374 g/mol. The number of carbonyl (C=O) groups is 3. The van der Waals surface area contributed by atoms with Crippen LogP contribution >= 0.6 is 0 Å². The van der Waals surface area contributed by atoms with E-state index in [1.165, 1.54) is 13.0 Å². The number of hydrogen-bond donors (Lipinski definition) is 4. The highest BCUT2D eigenvalue weighted by molar-refractivity contribution is 5.96. The Balaban J connectivity index is 2.75. The first-order chi connectivity index (χ1) is 12.0. The largest absolute Gasteiger partial charge is 0.418 e. The number of hydrogen-bond acceptors (Lipinski definition) is 4. The topological polar surface area (TPSA) is 99.3 Å². The molecule has 0 aliphatic rings. The monoisotopic (exact) mass is 374 g/mol. The van der Waals surface area contributed by atoms with Gasteiger partial charge in [-0.3, -0.25) is 14.9 Å². The van der Waals surface area contributed by atoms with Gasteiger partial charge in [-0.1, -0.05) is 13.8 Å². The molecule has 0 aromatic heterocycles. The maximum absolute atomic E-state index is 13.2. The summed E-state index contributed by atoms with van der Waals surface area (Å²) in [6.45, 7) is 4.74. The lowest BCUT2D eigenvalue weighted by molar-refractivity contribution is -0.137. The van der Waals surface area contributed by atoms with E-state index in [9.17, 15) is 27.6 Å². The van der Waals surface area contributed by atoms with Gasteiger partial charge in [0, 0.05) is 24.8 Å². The number of amides is 4. The predicted octanol–water partition coefficient (Wildman–Crippen LogP) is 2.56. The molecule has 0 heterocycles. The van der Waals surface area contributed by atoms with E-state index in [1.807, 2.05) is 19.2 Å². The van der Waals surface area contributed by atoms with E-state index in [-0.39, 0.29) is 17.3 Å². The van der Waals surface area contributed by atoms with Crippen LogP contribution in [0.5, 0.6) is 0 Å². The summed E-state index contributed by atoms with van der Waals surface area (Å²) in [7, 11) is 0. The second-order valence-corrected chi connectivity index (χ2v) is 5.94. The van der Waals surface area contributed by atoms with Crippen molar-refractivity contribution in [3.63, 3.8) is 0 Å². The molecule has 0 unspecified atom stereocenters. The van der Waals surface area contributed by atoms with Crippen molar-refractivity contribution >= 4 is 29.2 Å². The van der Waals surface area contributed by atoms with Crippen LogP contribution in [0.15, 0.2) is 18.2 Å². The molecule has 1 aromatic carbocycles. The normalized spacial score (nSPS) is 11.0. The Hall–Kier alpha value is -2.78. The summed E-state index contributed by atoms with van der Waals surface area (Å²) in [6.07, 6.45) is -4.69. The zero-order chi connectivity index (χ0) is 19.9. The first-order valence-corrected chi connectivity index (χ1v) is 7.79. The smallest absolute Gasteiger partial charge is 0.376 e. The molecule has 1 rings (SSSR count). The summed E-state index contributed by atoms with van der Waals surface area (Å²) in [6, 6.07) is 2.41. The van der Waals surface area contributed by atoms with Crippen LogP contribution in [-0.2, 0) is 15.8 Å². The standard InChI is InChI=1S/C16H21F3N4O3/c1-9(2)7-21-15(26)23-14(25)8-20-13-5-4-11(22-10(3)24)6-12(13)16(17,18)19/h4-6,9,20H,7-8H2,1-3H3,(H,22,24)(H2,21,23,25,26). The summed E-state index contributed by atoms with van der Waals surface area (Å²) in [5, 5.41) is 9.07. The maximum Gasteiger partial charge on any atom is 0.418 e. The van der Waals surface area contributed by atoms with Gasteiger partial charge < -0.3 is 16.0 Å². The number of alkyl halides is 3. The molecule has 0 radical (unpaired) electrons. The van der Waals surface area contributed by atoms with E-state index in [2.05, 4.69) is 16.0 Å². The lowest BCUT2D eigenvalue weighted by Crippen LogP contribution is -2.43. The van der Waals surface area contributed by atoms with Gasteiger partial charge >= 0.3 is 12.2 Å². The fourth-order valence-electron chi connectivity index (χ4n) is 1.90. The Morgan fingerprint density at radius 2 is 1.81 bits per heavy atom. The van der Waals surface area contributed by atoms with Crippen molar-refractivity contribution in [2.24, 2.45) is 5.92 Å². The molecule has 0 atom stereocenters. The number of rotatable bonds is 6. The van der Waals surface area contributed by atoms with Crippen molar-refractivity contribution in [2.45, 2.75) is 26.9 Å². The fraction of sp³-hybridized carbons (Fsp3) is 0.438. The number of benzene rings is 1. The molecule has 26 heavy (non-hydrogen) atoms. The maximum atomic E-state index is 13.2. The van der Waals surface area contributed by atoms with Crippen molar-refractivity contribution in [3.8, 4) is 0 Å². The molecule has 0 spiro atoms. The van der Waals surface area contributed by atoms with Crippen LogP contribution in [0.1, 0.15) is 26.3 Å². The average Bonchev–Trinajstić information content (AvgIpc) is 2.50. The molecule has 144 valence electrons. The molecule has 0 aliphatic heterocycles. The van der Waals surface area contributed by atoms with Gasteiger partial charge in [0.2, 0.25) is 11.8 Å². The van der Waals surface area contributed by atoms with Crippen LogP contribution in [0.3, 0.4) is 0 Å². The summed E-state index contributed by atoms with van der Waals surface area (Å²) in [5.41, 5.74) is -1.40. The van der Waals surface area contributed by atoms with Crippen LogP contribution < -0.4 is 21.3 Å². The first-order valence-electron chi connectivity index (χ1n) is 7.79. The van der Waals surface area contributed by atoms with Crippen molar-refractivity contribution < 1.29 is 27.6 Å². The SMILES string of the molecule is CC(=O)Nc1ccc(NCC(=O)NC(=O)NCC(C)C)c(C(F)(F)F)c1. The minimum absolute atomic E-state index is 0.0205. The summed E-state index contributed by atoms with van der Waals surface area (Å²) < 4.78 is 39.5. The minimum atomic E-state index is -4.69. The molecule has 7 nitrogen and oxygen atoms in total. The van der Waals surface area contributed by atoms with Crippen LogP contribution in [0.4, 0.5) is 29.3 Å². The molecule has 0 saturated heterocycles. The van der Waals surface area contributed by atoms with Crippen LogP contribution in [0, 0.1) is 5.92 Å². The number of anilines is 2. The first kappa shape index (κ1) is 21.3. The zero-order valence-corrected chi connectivity index (χ0v) is 14.6. The van der Waals surface area contributed by atoms with Gasteiger partial charge in [0.1, 0.15) is 0 Å². The van der Waals surface area contributed by atoms with Gasteiger partial charge in [0.15, 0.2) is 0 Å². The molecule has 4 amide bonds. The predicted molar refractivity (Wildman–Crippen MR) is 90.6 cm³/mol. The van der Waals surface area contributed by atoms with Gasteiger partial charge in [-0.25, -0.2) is 4.79 Å². The minimum Gasteiger partial charge on any atom is -0.376 e. The molecule has 0 saturated carbocycles. The third-order valence-corrected chi connectivity index (χ3v) is 3.01. The van der Waals surface area contributed by atoms with E-state index in [1.54, 1.807) is 0 Å². The van der Waals surface area contributed by atoms with E-state index < -0.39 is 36.1 Å². The van der Waals surface area contributed by atoms with E-state index >= 15 is 0 Å². The fourth-order valence-corrected chi connectivity index (χ4v) is 1.90. The van der Waals surface area contributed by atoms with Gasteiger partial charge in [-0.05, 0) is 24.1 Å². The van der Waals surface area contributed by atoms with Crippen LogP contribution in [-0.4, -0.2) is 30.9 Å². The van der Waals surface area contributed by atoms with Gasteiger partial charge in [0.25, 0.3) is 0 Å². The number of nitrogens with one attached hydrogen (secondary N) is 4. The third-order valence-electron chi connectivity index (χ3n) is 3.01. The van der Waals surface area contributed by atoms with Gasteiger partial charge in [0.05, 0.1) is 12.1 Å². The highest BCUT2D eigenvalue weighted by Crippen LogP contribution is 2.36. The quantitative estimate of drug-likeness (QED) is 0.615. The van der Waals surface area contributed by atoms with E-state index in [0.717, 1.165) is 12.1 Å². The lowest BCUT2D eigenvalue weighted by Gasteiger charge is -2.16. The molecule has 1 aromatic rings. The van der Waals surface area contributed by atoms with Crippen molar-refractivity contribution in [2.75, 3.05) is 23.7 Å². The summed E-state index contributed by atoms with van der Waals surface area (Å²) in [4.78, 5) is 34.1. The highest BCUT2D eigenvalue weighted by Gasteiger charge is 2.34. The van der Waals surface area contributed by atoms with Gasteiger partial charge in [-0.15, -0.1) is 0 Å². The Morgan fingerprint density at radius 1 is 1.15 bits per heavy atom. The molecule has 0 fully saturated rings. The highest BCUT2D eigenvalue weighted by atomic mass is 19.4. The molecule has 0 aliphatic carbocycles. The molecule has 4 N–H and O–H groups in total. The zero-order valence-electron chi connectivity index (χ0n) is 14.6. The Morgan fingerprint density at radius 3 is 2.35 bits per heavy atom. The number of urea groups is 1. The lowest BCUT2D eigenvalue weighted by atomic mass is 10.1. The molecular weight excluding hydrogens is 353 g/mol. The Kier molecular flexibility index (Phi) is 7.41. The third kappa shape index (κ3) is 7.41. The summed E-state index contributed by atoms with van der Waals surface area (Å²) >= 11 is 0. The van der Waals surface area contributed by atoms with Crippen LogP contribution in [0.25, 0.3) is 0 Å². The van der Waals surface area contributed by atoms with Crippen molar-refractivity contribution in [1.82, 2.24) is 10.6 Å².